The summed E-state index contributed by atoms with van der Waals surface area (Å²) >= 11 is 0. The number of nitrogens with zero attached hydrogens (tertiary/aromatic N) is 1. The van der Waals surface area contributed by atoms with Gasteiger partial charge in [0.2, 0.25) is 11.8 Å². The highest BCUT2D eigenvalue weighted by Gasteiger charge is 2.09. The molecule has 18 heavy (non-hydrogen) atoms. The van der Waals surface area contributed by atoms with E-state index in [2.05, 4.69) is 10.6 Å². The molecular weight excluding hydrogens is 230 g/mol. The van der Waals surface area contributed by atoms with Gasteiger partial charge in [-0.05, 0) is 40.3 Å². The Bertz CT molecular complexity index is 240. The van der Waals surface area contributed by atoms with E-state index in [4.69, 9.17) is 0 Å². The van der Waals surface area contributed by atoms with Gasteiger partial charge in [0.25, 0.3) is 0 Å². The van der Waals surface area contributed by atoms with Crippen molar-refractivity contribution in [3.63, 3.8) is 0 Å². The van der Waals surface area contributed by atoms with Crippen LogP contribution in [-0.4, -0.2) is 49.9 Å². The van der Waals surface area contributed by atoms with Gasteiger partial charge in [0.15, 0.2) is 0 Å². The number of nitrogens with one attached hydrogen (secondary N) is 2. The normalized spacial score (nSPS) is 10.2. The molecule has 5 heteroatoms. The lowest BCUT2D eigenvalue weighted by atomic mass is 10.2. The predicted octanol–water partition coefficient (Wildman–Crippen LogP) is 0.751. The molecule has 2 N–H and O–H groups in total. The van der Waals surface area contributed by atoms with Crippen LogP contribution in [0.5, 0.6) is 0 Å². The molecular formula is C13H27N3O2. The third-order valence-corrected chi connectivity index (χ3v) is 2.84. The summed E-state index contributed by atoms with van der Waals surface area (Å²) in [4.78, 5) is 24.9. The fraction of sp³-hybridized carbons (Fsp3) is 0.846. The summed E-state index contributed by atoms with van der Waals surface area (Å²) < 4.78 is 0. The SMILES string of the molecule is CCN(CC)C(=O)CCCC(=O)NCCCNC. The Morgan fingerprint density at radius 2 is 1.67 bits per heavy atom. The molecule has 0 aliphatic heterocycles. The van der Waals surface area contributed by atoms with Crippen LogP contribution in [0, 0.1) is 0 Å². The van der Waals surface area contributed by atoms with Crippen molar-refractivity contribution in [1.29, 1.82) is 0 Å². The van der Waals surface area contributed by atoms with Crippen molar-refractivity contribution in [1.82, 2.24) is 15.5 Å². The number of carbonyl (C=O) groups is 2. The fourth-order valence-corrected chi connectivity index (χ4v) is 1.72. The van der Waals surface area contributed by atoms with E-state index in [1.54, 1.807) is 4.90 Å². The second-order valence-corrected chi connectivity index (χ2v) is 4.23. The van der Waals surface area contributed by atoms with Crippen molar-refractivity contribution in [3.8, 4) is 0 Å². The van der Waals surface area contributed by atoms with Crippen molar-refractivity contribution >= 4 is 11.8 Å². The first-order valence-corrected chi connectivity index (χ1v) is 6.84. The topological polar surface area (TPSA) is 61.4 Å². The second-order valence-electron chi connectivity index (χ2n) is 4.23. The Morgan fingerprint density at radius 1 is 1.00 bits per heavy atom. The van der Waals surface area contributed by atoms with Gasteiger partial charge in [-0.1, -0.05) is 0 Å². The average molecular weight is 257 g/mol. The molecule has 0 rings (SSSR count). The van der Waals surface area contributed by atoms with Gasteiger partial charge in [-0.25, -0.2) is 0 Å². The van der Waals surface area contributed by atoms with Gasteiger partial charge in [0, 0.05) is 32.5 Å². The number of carbonyl (C=O) groups excluding carboxylic acids is 2. The van der Waals surface area contributed by atoms with Crippen LogP contribution in [0.1, 0.15) is 39.5 Å². The monoisotopic (exact) mass is 257 g/mol. The lowest BCUT2D eigenvalue weighted by Gasteiger charge is -2.18. The lowest BCUT2D eigenvalue weighted by molar-refractivity contribution is -0.131. The summed E-state index contributed by atoms with van der Waals surface area (Å²) in [5.74, 6) is 0.182. The second kappa shape index (κ2) is 11.0. The molecule has 2 amide bonds. The number of hydrogen-bond acceptors (Lipinski definition) is 3. The van der Waals surface area contributed by atoms with Crippen LogP contribution in [0.2, 0.25) is 0 Å². The first-order chi connectivity index (χ1) is 8.65. The van der Waals surface area contributed by atoms with E-state index < -0.39 is 0 Å². The zero-order chi connectivity index (χ0) is 13.8. The highest BCUT2D eigenvalue weighted by molar-refractivity contribution is 5.78. The molecule has 0 aromatic heterocycles. The van der Waals surface area contributed by atoms with Gasteiger partial charge in [0.05, 0.1) is 0 Å². The summed E-state index contributed by atoms with van der Waals surface area (Å²) in [6.45, 7) is 7.02. The maximum atomic E-state index is 11.7. The van der Waals surface area contributed by atoms with Crippen molar-refractivity contribution in [3.05, 3.63) is 0 Å². The Kier molecular flexibility index (Phi) is 10.3. The van der Waals surface area contributed by atoms with E-state index in [9.17, 15) is 9.59 Å². The van der Waals surface area contributed by atoms with Crippen molar-refractivity contribution in [2.75, 3.05) is 33.2 Å². The highest BCUT2D eigenvalue weighted by Crippen LogP contribution is 2.01. The zero-order valence-corrected chi connectivity index (χ0v) is 11.9. The van der Waals surface area contributed by atoms with Crippen LogP contribution in [0.15, 0.2) is 0 Å². The summed E-state index contributed by atoms with van der Waals surface area (Å²) in [5.41, 5.74) is 0. The van der Waals surface area contributed by atoms with Gasteiger partial charge in [0.1, 0.15) is 0 Å². The minimum Gasteiger partial charge on any atom is -0.356 e. The standard InChI is InChI=1S/C13H27N3O2/c1-4-16(5-2)13(18)9-6-8-12(17)15-11-7-10-14-3/h14H,4-11H2,1-3H3,(H,15,17). The predicted molar refractivity (Wildman–Crippen MR) is 73.3 cm³/mol. The van der Waals surface area contributed by atoms with E-state index in [1.165, 1.54) is 0 Å². The lowest BCUT2D eigenvalue weighted by Crippen LogP contribution is -2.31. The van der Waals surface area contributed by atoms with Crippen LogP contribution in [0.3, 0.4) is 0 Å². The number of amides is 2. The molecule has 0 aromatic carbocycles. The van der Waals surface area contributed by atoms with Crippen LogP contribution >= 0.6 is 0 Å². The van der Waals surface area contributed by atoms with Crippen molar-refractivity contribution in [2.45, 2.75) is 39.5 Å². The van der Waals surface area contributed by atoms with E-state index in [1.807, 2.05) is 20.9 Å². The third-order valence-electron chi connectivity index (χ3n) is 2.84. The first-order valence-electron chi connectivity index (χ1n) is 6.84. The van der Waals surface area contributed by atoms with E-state index in [0.29, 0.717) is 25.8 Å². The van der Waals surface area contributed by atoms with E-state index in [-0.39, 0.29) is 11.8 Å². The number of hydrogen-bond donors (Lipinski definition) is 2. The summed E-state index contributed by atoms with van der Waals surface area (Å²) in [5, 5.41) is 5.87. The molecule has 0 atom stereocenters. The smallest absolute Gasteiger partial charge is 0.222 e. The quantitative estimate of drug-likeness (QED) is 0.568. The molecule has 0 aromatic rings. The van der Waals surface area contributed by atoms with Crippen molar-refractivity contribution in [2.24, 2.45) is 0 Å². The van der Waals surface area contributed by atoms with Crippen LogP contribution in [-0.2, 0) is 9.59 Å². The Balaban J connectivity index is 3.58. The molecule has 0 unspecified atom stereocenters. The molecule has 0 spiro atoms. The Labute approximate surface area is 110 Å². The van der Waals surface area contributed by atoms with Crippen LogP contribution in [0.25, 0.3) is 0 Å². The summed E-state index contributed by atoms with van der Waals surface area (Å²) in [6, 6.07) is 0. The van der Waals surface area contributed by atoms with Gasteiger partial charge < -0.3 is 15.5 Å². The molecule has 0 bridgehead atoms. The van der Waals surface area contributed by atoms with E-state index >= 15 is 0 Å². The minimum atomic E-state index is 0.0402. The van der Waals surface area contributed by atoms with Gasteiger partial charge in [-0.15, -0.1) is 0 Å². The van der Waals surface area contributed by atoms with Crippen LogP contribution in [0.4, 0.5) is 0 Å². The Hall–Kier alpha value is -1.10. The molecule has 0 saturated carbocycles. The fourth-order valence-electron chi connectivity index (χ4n) is 1.72. The van der Waals surface area contributed by atoms with Gasteiger partial charge in [-0.2, -0.15) is 0 Å². The minimum absolute atomic E-state index is 0.0402. The zero-order valence-electron chi connectivity index (χ0n) is 11.9. The largest absolute Gasteiger partial charge is 0.356 e. The molecule has 0 heterocycles. The number of rotatable bonds is 10. The molecule has 0 fully saturated rings. The molecule has 5 nitrogen and oxygen atoms in total. The molecule has 0 radical (unpaired) electrons. The molecule has 0 saturated heterocycles. The van der Waals surface area contributed by atoms with Gasteiger partial charge >= 0.3 is 0 Å². The summed E-state index contributed by atoms with van der Waals surface area (Å²) in [6.07, 6.45) is 2.46. The molecule has 0 aliphatic carbocycles. The molecule has 106 valence electrons. The molecule has 0 aliphatic rings. The van der Waals surface area contributed by atoms with Crippen LogP contribution < -0.4 is 10.6 Å². The average Bonchev–Trinajstić information content (AvgIpc) is 2.36. The maximum Gasteiger partial charge on any atom is 0.222 e. The highest BCUT2D eigenvalue weighted by atomic mass is 16.2. The van der Waals surface area contributed by atoms with Crippen molar-refractivity contribution < 1.29 is 9.59 Å². The Morgan fingerprint density at radius 3 is 2.22 bits per heavy atom. The van der Waals surface area contributed by atoms with Gasteiger partial charge in [-0.3, -0.25) is 9.59 Å². The van der Waals surface area contributed by atoms with E-state index in [0.717, 1.165) is 26.1 Å². The maximum absolute atomic E-state index is 11.7. The third kappa shape index (κ3) is 8.06. The summed E-state index contributed by atoms with van der Waals surface area (Å²) in [7, 11) is 1.89. The first kappa shape index (κ1) is 16.9.